The van der Waals surface area contributed by atoms with Crippen LogP contribution in [0.15, 0.2) is 60.8 Å². The van der Waals surface area contributed by atoms with Crippen LogP contribution in [0.2, 0.25) is 0 Å². The van der Waals surface area contributed by atoms with Crippen LogP contribution in [0.25, 0.3) is 0 Å². The molecule has 0 saturated heterocycles. The largest absolute Gasteiger partial charge is 0.462 e. The highest BCUT2D eigenvalue weighted by Gasteiger charge is 2.13. The fourth-order valence-corrected chi connectivity index (χ4v) is 2.56. The molecule has 0 radical (unpaired) electrons. The van der Waals surface area contributed by atoms with Crippen LogP contribution < -0.4 is 10.6 Å². The van der Waals surface area contributed by atoms with E-state index in [2.05, 4.69) is 25.8 Å². The second kappa shape index (κ2) is 8.75. The fourth-order valence-electron chi connectivity index (χ4n) is 2.56. The van der Waals surface area contributed by atoms with E-state index in [-0.39, 0.29) is 6.04 Å². The number of nitrogens with zero attached hydrogens (tertiary/aromatic N) is 3. The zero-order valence-electron chi connectivity index (χ0n) is 15.2. The Labute approximate surface area is 157 Å². The van der Waals surface area contributed by atoms with Crippen LogP contribution in [-0.4, -0.2) is 27.8 Å². The maximum Gasteiger partial charge on any atom is 0.340 e. The predicted molar refractivity (Wildman–Crippen MR) is 104 cm³/mol. The third-order valence-corrected chi connectivity index (χ3v) is 3.89. The van der Waals surface area contributed by atoms with Crippen LogP contribution in [0, 0.1) is 0 Å². The number of esters is 1. The Bertz CT molecular complexity index is 902. The van der Waals surface area contributed by atoms with Gasteiger partial charge in [0, 0.05) is 0 Å². The van der Waals surface area contributed by atoms with Gasteiger partial charge in [-0.3, -0.25) is 0 Å². The first kappa shape index (κ1) is 18.3. The molecule has 1 unspecified atom stereocenters. The monoisotopic (exact) mass is 363 g/mol. The van der Waals surface area contributed by atoms with E-state index in [1.54, 1.807) is 25.1 Å². The zero-order valence-corrected chi connectivity index (χ0v) is 15.2. The van der Waals surface area contributed by atoms with Crippen molar-refractivity contribution >= 4 is 23.4 Å². The molecule has 1 atom stereocenters. The molecule has 2 N–H and O–H groups in total. The molecule has 7 heteroatoms. The average Bonchev–Trinajstić information content (AvgIpc) is 2.69. The summed E-state index contributed by atoms with van der Waals surface area (Å²) in [7, 11) is 0. The highest BCUT2D eigenvalue weighted by Crippen LogP contribution is 2.21. The number of nitrogens with one attached hydrogen (secondary N) is 2. The Morgan fingerprint density at radius 2 is 1.85 bits per heavy atom. The van der Waals surface area contributed by atoms with E-state index in [0.717, 1.165) is 5.56 Å². The third kappa shape index (κ3) is 4.78. The maximum absolute atomic E-state index is 12.1. The molecule has 3 rings (SSSR count). The molecule has 0 aliphatic rings. The van der Waals surface area contributed by atoms with Crippen LogP contribution in [0.4, 0.5) is 17.5 Å². The van der Waals surface area contributed by atoms with Gasteiger partial charge in [-0.1, -0.05) is 42.5 Å². The van der Waals surface area contributed by atoms with Gasteiger partial charge in [0.1, 0.15) is 0 Å². The number of benzene rings is 2. The lowest BCUT2D eigenvalue weighted by Crippen LogP contribution is -2.12. The average molecular weight is 363 g/mol. The number of hydrogen-bond acceptors (Lipinski definition) is 7. The smallest absolute Gasteiger partial charge is 0.340 e. The minimum absolute atomic E-state index is 0.0232. The molecule has 0 saturated carbocycles. The number of rotatable bonds is 7. The van der Waals surface area contributed by atoms with Crippen LogP contribution >= 0.6 is 0 Å². The van der Waals surface area contributed by atoms with Crippen molar-refractivity contribution in [3.63, 3.8) is 0 Å². The van der Waals surface area contributed by atoms with Crippen molar-refractivity contribution in [2.45, 2.75) is 19.9 Å². The van der Waals surface area contributed by atoms with E-state index >= 15 is 0 Å². The van der Waals surface area contributed by atoms with Gasteiger partial charge in [-0.25, -0.2) is 4.79 Å². The number of carbonyl (C=O) groups is 1. The molecule has 0 fully saturated rings. The van der Waals surface area contributed by atoms with Crippen molar-refractivity contribution < 1.29 is 9.53 Å². The second-order valence-corrected chi connectivity index (χ2v) is 5.83. The summed E-state index contributed by atoms with van der Waals surface area (Å²) in [4.78, 5) is 16.5. The molecule has 138 valence electrons. The van der Waals surface area contributed by atoms with E-state index in [0.29, 0.717) is 29.6 Å². The molecule has 0 aliphatic carbocycles. The summed E-state index contributed by atoms with van der Waals surface area (Å²) in [6, 6.07) is 17.1. The summed E-state index contributed by atoms with van der Waals surface area (Å²) < 4.78 is 5.09. The van der Waals surface area contributed by atoms with Gasteiger partial charge in [0.25, 0.3) is 0 Å². The Hall–Kier alpha value is -3.48. The summed E-state index contributed by atoms with van der Waals surface area (Å²) in [6.45, 7) is 4.11. The quantitative estimate of drug-likeness (QED) is 0.614. The number of aromatic nitrogens is 3. The SMILES string of the molecule is CCOC(=O)c1ccccc1Nc1cnnc(NC(C)c2ccccc2)n1. The highest BCUT2D eigenvalue weighted by molar-refractivity contribution is 5.96. The lowest BCUT2D eigenvalue weighted by molar-refractivity contribution is 0.0527. The summed E-state index contributed by atoms with van der Waals surface area (Å²) in [5, 5.41) is 14.4. The van der Waals surface area contributed by atoms with Gasteiger partial charge in [-0.15, -0.1) is 5.10 Å². The van der Waals surface area contributed by atoms with Crippen LogP contribution in [0.5, 0.6) is 0 Å². The minimum atomic E-state index is -0.390. The number of hydrogen-bond donors (Lipinski definition) is 2. The van der Waals surface area contributed by atoms with Gasteiger partial charge in [-0.05, 0) is 31.5 Å². The van der Waals surface area contributed by atoms with Crippen molar-refractivity contribution in [3.05, 3.63) is 71.9 Å². The topological polar surface area (TPSA) is 89.0 Å². The molecular weight excluding hydrogens is 342 g/mol. The van der Waals surface area contributed by atoms with Gasteiger partial charge in [-0.2, -0.15) is 10.1 Å². The summed E-state index contributed by atoms with van der Waals surface area (Å²) in [6.07, 6.45) is 1.50. The first-order chi connectivity index (χ1) is 13.2. The number of ether oxygens (including phenoxy) is 1. The van der Waals surface area contributed by atoms with Crippen molar-refractivity contribution in [1.82, 2.24) is 15.2 Å². The number of carbonyl (C=O) groups excluding carboxylic acids is 1. The van der Waals surface area contributed by atoms with Gasteiger partial charge >= 0.3 is 5.97 Å². The van der Waals surface area contributed by atoms with Crippen molar-refractivity contribution in [3.8, 4) is 0 Å². The first-order valence-corrected chi connectivity index (χ1v) is 8.71. The minimum Gasteiger partial charge on any atom is -0.462 e. The highest BCUT2D eigenvalue weighted by atomic mass is 16.5. The Balaban J connectivity index is 1.76. The van der Waals surface area contributed by atoms with Crippen LogP contribution in [0.1, 0.15) is 35.8 Å². The van der Waals surface area contributed by atoms with Gasteiger partial charge < -0.3 is 15.4 Å². The van der Waals surface area contributed by atoms with E-state index in [1.807, 2.05) is 43.3 Å². The standard InChI is InChI=1S/C20H21N5O2/c1-3-27-19(26)16-11-7-8-12-17(16)23-18-13-21-25-20(24-18)22-14(2)15-9-5-4-6-10-15/h4-14H,3H2,1-2H3,(H2,22,23,24,25). The number of anilines is 3. The van der Waals surface area contributed by atoms with Crippen molar-refractivity contribution in [1.29, 1.82) is 0 Å². The molecule has 0 bridgehead atoms. The van der Waals surface area contributed by atoms with Gasteiger partial charge in [0.2, 0.25) is 5.95 Å². The molecule has 7 nitrogen and oxygen atoms in total. The molecule has 0 amide bonds. The molecule has 2 aromatic carbocycles. The summed E-state index contributed by atoms with van der Waals surface area (Å²) in [5.41, 5.74) is 2.15. The van der Waals surface area contributed by atoms with Crippen LogP contribution in [0.3, 0.4) is 0 Å². The Morgan fingerprint density at radius 3 is 2.63 bits per heavy atom. The fraction of sp³-hybridized carbons (Fsp3) is 0.200. The molecule has 1 aromatic heterocycles. The van der Waals surface area contributed by atoms with Crippen LogP contribution in [-0.2, 0) is 4.74 Å². The van der Waals surface area contributed by atoms with E-state index in [1.165, 1.54) is 6.20 Å². The zero-order chi connectivity index (χ0) is 19.1. The summed E-state index contributed by atoms with van der Waals surface area (Å²) >= 11 is 0. The molecule has 3 aromatic rings. The molecule has 0 spiro atoms. The van der Waals surface area contributed by atoms with E-state index in [4.69, 9.17) is 4.74 Å². The summed E-state index contributed by atoms with van der Waals surface area (Å²) in [5.74, 6) is 0.480. The van der Waals surface area contributed by atoms with E-state index in [9.17, 15) is 4.79 Å². The Kier molecular flexibility index (Phi) is 5.94. The third-order valence-electron chi connectivity index (χ3n) is 3.89. The molecule has 1 heterocycles. The molecular formula is C20H21N5O2. The van der Waals surface area contributed by atoms with Gasteiger partial charge in [0.05, 0.1) is 30.1 Å². The molecule has 27 heavy (non-hydrogen) atoms. The lowest BCUT2D eigenvalue weighted by Gasteiger charge is -2.15. The predicted octanol–water partition coefficient (Wildman–Crippen LogP) is 3.97. The van der Waals surface area contributed by atoms with Gasteiger partial charge in [0.15, 0.2) is 5.82 Å². The van der Waals surface area contributed by atoms with Crippen molar-refractivity contribution in [2.24, 2.45) is 0 Å². The van der Waals surface area contributed by atoms with Crippen molar-refractivity contribution in [2.75, 3.05) is 17.2 Å². The lowest BCUT2D eigenvalue weighted by atomic mass is 10.1. The first-order valence-electron chi connectivity index (χ1n) is 8.71. The van der Waals surface area contributed by atoms with E-state index < -0.39 is 5.97 Å². The molecule has 0 aliphatic heterocycles. The second-order valence-electron chi connectivity index (χ2n) is 5.83. The Morgan fingerprint density at radius 1 is 1.11 bits per heavy atom. The maximum atomic E-state index is 12.1. The normalized spacial score (nSPS) is 11.5. The number of para-hydroxylation sites is 1.